The molecule has 1 aromatic rings. The average Bonchev–Trinajstić information content (AvgIpc) is 2.48. The van der Waals surface area contributed by atoms with Crippen LogP contribution in [-0.2, 0) is 4.74 Å². The van der Waals surface area contributed by atoms with Gasteiger partial charge in [0.15, 0.2) is 11.6 Å². The number of halogens is 2. The number of nitrogens with one attached hydrogen (secondary N) is 1. The Labute approximate surface area is 120 Å². The van der Waals surface area contributed by atoms with Crippen molar-refractivity contribution in [1.82, 2.24) is 14.9 Å². The highest BCUT2D eigenvalue weighted by Crippen LogP contribution is 2.26. The number of morpholine rings is 1. The van der Waals surface area contributed by atoms with Crippen molar-refractivity contribution in [3.8, 4) is 0 Å². The summed E-state index contributed by atoms with van der Waals surface area (Å²) in [5.74, 6) is 4.75. The molecule has 0 aliphatic carbocycles. The second-order valence-electron chi connectivity index (χ2n) is 4.83. The molecule has 110 valence electrons. The molecule has 1 atom stereocenters. The van der Waals surface area contributed by atoms with Gasteiger partial charge in [0.25, 0.3) is 0 Å². The van der Waals surface area contributed by atoms with Crippen LogP contribution in [0.5, 0.6) is 0 Å². The summed E-state index contributed by atoms with van der Waals surface area (Å²) in [6.07, 6.45) is 0. The summed E-state index contributed by atoms with van der Waals surface area (Å²) in [4.78, 5) is 11.9. The molecule has 2 aliphatic rings. The van der Waals surface area contributed by atoms with Gasteiger partial charge in [0.1, 0.15) is 0 Å². The van der Waals surface area contributed by atoms with Crippen LogP contribution in [0.2, 0.25) is 5.28 Å². The lowest BCUT2D eigenvalue weighted by atomic mass is 10.1. The predicted octanol–water partition coefficient (Wildman–Crippen LogP) is 0.0755. The van der Waals surface area contributed by atoms with Crippen LogP contribution in [0.3, 0.4) is 0 Å². The van der Waals surface area contributed by atoms with E-state index in [4.69, 9.17) is 22.2 Å². The largest absolute Gasteiger partial charge is 0.378 e. The smallest absolute Gasteiger partial charge is 0.226 e. The van der Waals surface area contributed by atoms with Gasteiger partial charge in [-0.1, -0.05) is 0 Å². The van der Waals surface area contributed by atoms with E-state index in [1.807, 2.05) is 4.90 Å². The molecule has 0 bridgehead atoms. The van der Waals surface area contributed by atoms with Crippen LogP contribution < -0.4 is 16.2 Å². The molecule has 9 heteroatoms. The fourth-order valence-electron chi connectivity index (χ4n) is 2.65. The molecule has 2 aliphatic heterocycles. The fraction of sp³-hybridized carbons (Fsp3) is 0.636. The first-order valence-corrected chi connectivity index (χ1v) is 6.83. The van der Waals surface area contributed by atoms with Crippen molar-refractivity contribution in [2.45, 2.75) is 6.04 Å². The van der Waals surface area contributed by atoms with Gasteiger partial charge in [-0.15, -0.1) is 0 Å². The number of nitrogens with two attached hydrogens (primary N) is 1. The molecule has 2 saturated heterocycles. The van der Waals surface area contributed by atoms with Gasteiger partial charge in [-0.25, -0.2) is 5.84 Å². The standard InChI is InChI=1S/C11H16ClFN6O/c12-11-15-9(17-14)8(13)10(16-11)19-2-1-18-3-4-20-6-7(18)5-19/h7H,1-6,14H2,(H,15,16,17)/t7-/m1/s1. The van der Waals surface area contributed by atoms with Gasteiger partial charge < -0.3 is 15.1 Å². The number of rotatable bonds is 2. The summed E-state index contributed by atoms with van der Waals surface area (Å²) in [5.41, 5.74) is 2.20. The molecule has 0 saturated carbocycles. The minimum atomic E-state index is -0.581. The Morgan fingerprint density at radius 2 is 2.20 bits per heavy atom. The van der Waals surface area contributed by atoms with E-state index in [2.05, 4.69) is 20.3 Å². The summed E-state index contributed by atoms with van der Waals surface area (Å²) in [5, 5.41) is -0.0309. The third-order valence-electron chi connectivity index (χ3n) is 3.68. The van der Waals surface area contributed by atoms with Crippen LogP contribution in [0, 0.1) is 5.82 Å². The van der Waals surface area contributed by atoms with Gasteiger partial charge in [-0.3, -0.25) is 4.90 Å². The lowest BCUT2D eigenvalue weighted by Crippen LogP contribution is -2.58. The molecule has 20 heavy (non-hydrogen) atoms. The van der Waals surface area contributed by atoms with Crippen molar-refractivity contribution in [2.75, 3.05) is 49.7 Å². The van der Waals surface area contributed by atoms with Crippen LogP contribution in [-0.4, -0.2) is 60.3 Å². The zero-order valence-electron chi connectivity index (χ0n) is 10.9. The highest BCUT2D eigenvalue weighted by Gasteiger charge is 2.32. The van der Waals surface area contributed by atoms with Gasteiger partial charge in [-0.2, -0.15) is 14.4 Å². The number of hydrogen-bond acceptors (Lipinski definition) is 7. The monoisotopic (exact) mass is 302 g/mol. The Morgan fingerprint density at radius 1 is 1.35 bits per heavy atom. The molecule has 3 N–H and O–H groups in total. The quantitative estimate of drug-likeness (QED) is 0.455. The molecular formula is C11H16ClFN6O. The van der Waals surface area contributed by atoms with Gasteiger partial charge in [0.2, 0.25) is 11.1 Å². The second-order valence-corrected chi connectivity index (χ2v) is 5.17. The van der Waals surface area contributed by atoms with Gasteiger partial charge in [-0.05, 0) is 11.6 Å². The van der Waals surface area contributed by atoms with Crippen LogP contribution in [0.15, 0.2) is 0 Å². The number of anilines is 2. The second kappa shape index (κ2) is 5.65. The molecule has 3 rings (SSSR count). The lowest BCUT2D eigenvalue weighted by molar-refractivity contribution is -0.0118. The van der Waals surface area contributed by atoms with Gasteiger partial charge in [0, 0.05) is 26.2 Å². The highest BCUT2D eigenvalue weighted by molar-refractivity contribution is 6.28. The number of hydrogen-bond donors (Lipinski definition) is 2. The van der Waals surface area contributed by atoms with E-state index < -0.39 is 5.82 Å². The summed E-state index contributed by atoms with van der Waals surface area (Å²) >= 11 is 5.81. The SMILES string of the molecule is NNc1nc(Cl)nc(N2CCN3CCOC[C@H]3C2)c1F. The fourth-order valence-corrected chi connectivity index (χ4v) is 2.82. The maximum Gasteiger partial charge on any atom is 0.226 e. The molecule has 2 fully saturated rings. The van der Waals surface area contributed by atoms with Crippen molar-refractivity contribution in [3.63, 3.8) is 0 Å². The topological polar surface area (TPSA) is 79.5 Å². The van der Waals surface area contributed by atoms with Crippen molar-refractivity contribution >= 4 is 23.2 Å². The third kappa shape index (κ3) is 2.51. The van der Waals surface area contributed by atoms with Crippen LogP contribution in [0.4, 0.5) is 16.0 Å². The van der Waals surface area contributed by atoms with Crippen molar-refractivity contribution in [3.05, 3.63) is 11.1 Å². The number of piperazine rings is 1. The lowest BCUT2D eigenvalue weighted by Gasteiger charge is -2.44. The van der Waals surface area contributed by atoms with Crippen molar-refractivity contribution in [1.29, 1.82) is 0 Å². The molecule has 0 radical (unpaired) electrons. The first-order chi connectivity index (χ1) is 9.69. The first-order valence-electron chi connectivity index (χ1n) is 6.45. The number of nitrogens with zero attached hydrogens (tertiary/aromatic N) is 4. The minimum absolute atomic E-state index is 0.0309. The molecular weight excluding hydrogens is 287 g/mol. The van der Waals surface area contributed by atoms with E-state index in [1.165, 1.54) is 0 Å². The normalized spacial score (nSPS) is 23.6. The summed E-state index contributed by atoms with van der Waals surface area (Å²) in [6, 6.07) is 0.250. The Bertz CT molecular complexity index is 504. The maximum absolute atomic E-state index is 14.2. The van der Waals surface area contributed by atoms with E-state index in [0.717, 1.165) is 19.7 Å². The summed E-state index contributed by atoms with van der Waals surface area (Å²) < 4.78 is 19.7. The minimum Gasteiger partial charge on any atom is -0.378 e. The molecule has 1 aromatic heterocycles. The summed E-state index contributed by atoms with van der Waals surface area (Å²) in [6.45, 7) is 4.50. The average molecular weight is 303 g/mol. The number of fused-ring (bicyclic) bond motifs is 1. The van der Waals surface area contributed by atoms with E-state index in [0.29, 0.717) is 19.7 Å². The number of hydrazine groups is 1. The van der Waals surface area contributed by atoms with Crippen LogP contribution in [0.1, 0.15) is 0 Å². The van der Waals surface area contributed by atoms with E-state index in [-0.39, 0.29) is 23.0 Å². The number of ether oxygens (including phenoxy) is 1. The number of aromatic nitrogens is 2. The number of nitrogen functional groups attached to an aromatic ring is 1. The molecule has 0 aromatic carbocycles. The van der Waals surface area contributed by atoms with Gasteiger partial charge >= 0.3 is 0 Å². The Hall–Kier alpha value is -1.22. The molecule has 0 spiro atoms. The van der Waals surface area contributed by atoms with Gasteiger partial charge in [0.05, 0.1) is 19.3 Å². The Balaban J connectivity index is 1.84. The molecule has 3 heterocycles. The van der Waals surface area contributed by atoms with Crippen molar-refractivity contribution in [2.24, 2.45) is 5.84 Å². The predicted molar refractivity (Wildman–Crippen MR) is 73.2 cm³/mol. The Kier molecular flexibility index (Phi) is 3.88. The molecule has 7 nitrogen and oxygen atoms in total. The van der Waals surface area contributed by atoms with E-state index >= 15 is 0 Å². The van der Waals surface area contributed by atoms with E-state index in [1.54, 1.807) is 0 Å². The Morgan fingerprint density at radius 3 is 3.00 bits per heavy atom. The van der Waals surface area contributed by atoms with E-state index in [9.17, 15) is 4.39 Å². The zero-order chi connectivity index (χ0) is 14.1. The third-order valence-corrected chi connectivity index (χ3v) is 3.85. The zero-order valence-corrected chi connectivity index (χ0v) is 11.6. The molecule has 0 unspecified atom stereocenters. The van der Waals surface area contributed by atoms with Crippen molar-refractivity contribution < 1.29 is 9.13 Å². The summed E-state index contributed by atoms with van der Waals surface area (Å²) in [7, 11) is 0. The highest BCUT2D eigenvalue weighted by atomic mass is 35.5. The molecule has 0 amide bonds. The first kappa shape index (κ1) is 13.7. The van der Waals surface area contributed by atoms with Crippen LogP contribution >= 0.6 is 11.6 Å². The maximum atomic E-state index is 14.2. The van der Waals surface area contributed by atoms with Crippen LogP contribution in [0.25, 0.3) is 0 Å².